The number of rotatable bonds is 3. The van der Waals surface area contributed by atoms with E-state index < -0.39 is 10.3 Å². The van der Waals surface area contributed by atoms with E-state index in [1.165, 1.54) is 12.1 Å². The van der Waals surface area contributed by atoms with Crippen LogP contribution in [0.1, 0.15) is 18.4 Å². The number of piperazine rings is 1. The van der Waals surface area contributed by atoms with E-state index in [-0.39, 0.29) is 11.6 Å². The van der Waals surface area contributed by atoms with Gasteiger partial charge >= 0.3 is 0 Å². The SMILES string of the molecule is CN1CCN(C(=O)C2(c3ccc([N+](=O)[O-])cc3)CC2)CC1. The number of non-ortho nitro benzene ring substituents is 1. The molecule has 1 aliphatic heterocycles. The molecule has 0 aromatic heterocycles. The highest BCUT2D eigenvalue weighted by atomic mass is 16.6. The number of amides is 1. The summed E-state index contributed by atoms with van der Waals surface area (Å²) in [7, 11) is 2.06. The molecule has 1 aliphatic carbocycles. The number of nitro benzene ring substituents is 1. The smallest absolute Gasteiger partial charge is 0.269 e. The molecule has 0 spiro atoms. The van der Waals surface area contributed by atoms with Gasteiger partial charge in [-0.05, 0) is 25.5 Å². The number of hydrogen-bond acceptors (Lipinski definition) is 4. The van der Waals surface area contributed by atoms with Gasteiger partial charge in [-0.25, -0.2) is 0 Å². The van der Waals surface area contributed by atoms with E-state index in [0.29, 0.717) is 0 Å². The number of likely N-dealkylation sites (N-methyl/N-ethyl adjacent to an activating group) is 1. The van der Waals surface area contributed by atoms with Crippen molar-refractivity contribution in [3.8, 4) is 0 Å². The van der Waals surface area contributed by atoms with Crippen LogP contribution in [0.2, 0.25) is 0 Å². The van der Waals surface area contributed by atoms with Gasteiger partial charge in [-0.15, -0.1) is 0 Å². The molecule has 21 heavy (non-hydrogen) atoms. The first kappa shape index (κ1) is 14.0. The van der Waals surface area contributed by atoms with Gasteiger partial charge in [0, 0.05) is 38.3 Å². The largest absolute Gasteiger partial charge is 0.339 e. The Morgan fingerprint density at radius 1 is 1.14 bits per heavy atom. The van der Waals surface area contributed by atoms with Crippen LogP contribution in [-0.2, 0) is 10.2 Å². The van der Waals surface area contributed by atoms with Gasteiger partial charge in [0.15, 0.2) is 0 Å². The van der Waals surface area contributed by atoms with Crippen molar-refractivity contribution < 1.29 is 9.72 Å². The monoisotopic (exact) mass is 289 g/mol. The van der Waals surface area contributed by atoms with E-state index >= 15 is 0 Å². The highest BCUT2D eigenvalue weighted by Crippen LogP contribution is 2.49. The number of nitrogens with zero attached hydrogens (tertiary/aromatic N) is 3. The first-order valence-corrected chi connectivity index (χ1v) is 7.26. The van der Waals surface area contributed by atoms with Gasteiger partial charge in [-0.1, -0.05) is 12.1 Å². The van der Waals surface area contributed by atoms with Crippen molar-refractivity contribution in [1.82, 2.24) is 9.80 Å². The maximum absolute atomic E-state index is 12.8. The Balaban J connectivity index is 1.77. The van der Waals surface area contributed by atoms with Gasteiger partial charge in [0.1, 0.15) is 0 Å². The Hall–Kier alpha value is -1.95. The van der Waals surface area contributed by atoms with E-state index in [1.54, 1.807) is 12.1 Å². The Bertz CT molecular complexity index is 558. The van der Waals surface area contributed by atoms with Gasteiger partial charge in [-0.3, -0.25) is 14.9 Å². The minimum atomic E-state index is -0.426. The molecule has 0 radical (unpaired) electrons. The second-order valence-corrected chi connectivity index (χ2v) is 5.98. The average Bonchev–Trinajstić information content (AvgIpc) is 3.29. The van der Waals surface area contributed by atoms with Gasteiger partial charge < -0.3 is 9.80 Å². The second kappa shape index (κ2) is 5.11. The molecule has 2 fully saturated rings. The van der Waals surface area contributed by atoms with Crippen molar-refractivity contribution in [2.45, 2.75) is 18.3 Å². The summed E-state index contributed by atoms with van der Waals surface area (Å²) in [5.41, 5.74) is 0.559. The van der Waals surface area contributed by atoms with Crippen LogP contribution in [0, 0.1) is 10.1 Å². The van der Waals surface area contributed by atoms with Crippen molar-refractivity contribution in [3.63, 3.8) is 0 Å². The topological polar surface area (TPSA) is 66.7 Å². The Morgan fingerprint density at radius 3 is 2.19 bits per heavy atom. The standard InChI is InChI=1S/C15H19N3O3/c1-16-8-10-17(11-9-16)14(19)15(6-7-15)12-2-4-13(5-3-12)18(20)21/h2-5H,6-11H2,1H3. The molecular weight excluding hydrogens is 270 g/mol. The molecule has 1 heterocycles. The third kappa shape index (κ3) is 2.51. The van der Waals surface area contributed by atoms with Crippen LogP contribution in [0.5, 0.6) is 0 Å². The van der Waals surface area contributed by atoms with Gasteiger partial charge in [0.25, 0.3) is 5.69 Å². The lowest BCUT2D eigenvalue weighted by Gasteiger charge is -2.35. The zero-order valence-corrected chi connectivity index (χ0v) is 12.1. The minimum absolute atomic E-state index is 0.0709. The van der Waals surface area contributed by atoms with Crippen LogP contribution in [0.25, 0.3) is 0 Å². The third-order valence-electron chi connectivity index (χ3n) is 4.58. The molecule has 0 N–H and O–H groups in total. The molecule has 1 saturated heterocycles. The quantitative estimate of drug-likeness (QED) is 0.623. The van der Waals surface area contributed by atoms with Crippen LogP contribution in [-0.4, -0.2) is 53.9 Å². The van der Waals surface area contributed by atoms with E-state index in [0.717, 1.165) is 44.6 Å². The molecule has 0 bridgehead atoms. The Morgan fingerprint density at radius 2 is 1.71 bits per heavy atom. The number of benzene rings is 1. The molecule has 2 aliphatic rings. The number of carbonyl (C=O) groups excluding carboxylic acids is 1. The molecule has 0 unspecified atom stereocenters. The van der Waals surface area contributed by atoms with Crippen LogP contribution < -0.4 is 0 Å². The van der Waals surface area contributed by atoms with Crippen molar-refractivity contribution in [1.29, 1.82) is 0 Å². The van der Waals surface area contributed by atoms with E-state index in [9.17, 15) is 14.9 Å². The van der Waals surface area contributed by atoms with E-state index in [2.05, 4.69) is 11.9 Å². The highest BCUT2D eigenvalue weighted by molar-refractivity contribution is 5.91. The summed E-state index contributed by atoms with van der Waals surface area (Å²) >= 11 is 0. The number of hydrogen-bond donors (Lipinski definition) is 0. The molecular formula is C15H19N3O3. The summed E-state index contributed by atoms with van der Waals surface area (Å²) in [5, 5.41) is 10.7. The number of carbonyl (C=O) groups is 1. The summed E-state index contributed by atoms with van der Waals surface area (Å²) in [5.74, 6) is 0.185. The lowest BCUT2D eigenvalue weighted by atomic mass is 9.93. The number of nitro groups is 1. The molecule has 1 saturated carbocycles. The second-order valence-electron chi connectivity index (χ2n) is 5.98. The molecule has 112 valence electrons. The van der Waals surface area contributed by atoms with Crippen molar-refractivity contribution >= 4 is 11.6 Å². The minimum Gasteiger partial charge on any atom is -0.339 e. The fraction of sp³-hybridized carbons (Fsp3) is 0.533. The van der Waals surface area contributed by atoms with Crippen molar-refractivity contribution in [2.24, 2.45) is 0 Å². The Kier molecular flexibility index (Phi) is 3.41. The molecule has 1 aromatic carbocycles. The van der Waals surface area contributed by atoms with Gasteiger partial charge in [0.05, 0.1) is 10.3 Å². The predicted octanol–water partition coefficient (Wildman–Crippen LogP) is 1.40. The highest BCUT2D eigenvalue weighted by Gasteiger charge is 2.53. The maximum atomic E-state index is 12.8. The first-order valence-electron chi connectivity index (χ1n) is 7.26. The fourth-order valence-corrected chi connectivity index (χ4v) is 2.97. The Labute approximate surface area is 123 Å². The molecule has 3 rings (SSSR count). The first-order chi connectivity index (χ1) is 10.0. The zero-order chi connectivity index (χ0) is 15.0. The predicted molar refractivity (Wildman–Crippen MR) is 78.1 cm³/mol. The molecule has 6 heteroatoms. The fourth-order valence-electron chi connectivity index (χ4n) is 2.97. The van der Waals surface area contributed by atoms with Crippen LogP contribution in [0.4, 0.5) is 5.69 Å². The van der Waals surface area contributed by atoms with E-state index in [1.807, 2.05) is 4.90 Å². The summed E-state index contributed by atoms with van der Waals surface area (Å²) in [6.07, 6.45) is 1.69. The molecule has 1 amide bonds. The summed E-state index contributed by atoms with van der Waals surface area (Å²) in [6.45, 7) is 3.35. The summed E-state index contributed by atoms with van der Waals surface area (Å²) < 4.78 is 0. The lowest BCUT2D eigenvalue weighted by Crippen LogP contribution is -2.50. The van der Waals surface area contributed by atoms with Crippen LogP contribution >= 0.6 is 0 Å². The van der Waals surface area contributed by atoms with Gasteiger partial charge in [-0.2, -0.15) is 0 Å². The zero-order valence-electron chi connectivity index (χ0n) is 12.1. The molecule has 0 atom stereocenters. The molecule has 6 nitrogen and oxygen atoms in total. The van der Waals surface area contributed by atoms with Crippen molar-refractivity contribution in [3.05, 3.63) is 39.9 Å². The molecule has 1 aromatic rings. The average molecular weight is 289 g/mol. The van der Waals surface area contributed by atoms with Crippen LogP contribution in [0.3, 0.4) is 0 Å². The maximum Gasteiger partial charge on any atom is 0.269 e. The van der Waals surface area contributed by atoms with Gasteiger partial charge in [0.2, 0.25) is 5.91 Å². The van der Waals surface area contributed by atoms with Crippen molar-refractivity contribution in [2.75, 3.05) is 33.2 Å². The lowest BCUT2D eigenvalue weighted by molar-refractivity contribution is -0.384. The summed E-state index contributed by atoms with van der Waals surface area (Å²) in [4.78, 5) is 27.2. The third-order valence-corrected chi connectivity index (χ3v) is 4.58. The normalized spacial score (nSPS) is 21.1. The van der Waals surface area contributed by atoms with E-state index in [4.69, 9.17) is 0 Å². The van der Waals surface area contributed by atoms with Crippen LogP contribution in [0.15, 0.2) is 24.3 Å². The summed E-state index contributed by atoms with van der Waals surface area (Å²) in [6, 6.07) is 6.46.